The lowest BCUT2D eigenvalue weighted by Crippen LogP contribution is -2.35. The van der Waals surface area contributed by atoms with Gasteiger partial charge in [0.15, 0.2) is 0 Å². The summed E-state index contributed by atoms with van der Waals surface area (Å²) < 4.78 is 25.9. The number of fused-ring (bicyclic) bond motifs is 1. The van der Waals surface area contributed by atoms with Crippen molar-refractivity contribution in [2.24, 2.45) is 0 Å². The van der Waals surface area contributed by atoms with Gasteiger partial charge in [0.25, 0.3) is 0 Å². The highest BCUT2D eigenvalue weighted by Gasteiger charge is 2.28. The maximum atomic E-state index is 11.7. The lowest BCUT2D eigenvalue weighted by atomic mass is 9.90. The molecule has 0 aromatic heterocycles. The van der Waals surface area contributed by atoms with Crippen molar-refractivity contribution in [1.82, 2.24) is 4.72 Å². The Morgan fingerprint density at radius 2 is 2.06 bits per heavy atom. The highest BCUT2D eigenvalue weighted by atomic mass is 32.2. The number of nitrogens with one attached hydrogen (secondary N) is 1. The minimum atomic E-state index is -3.13. The average Bonchev–Trinajstić information content (AvgIpc) is 2.28. The molecular formula is C12H17NO2S. The van der Waals surface area contributed by atoms with Gasteiger partial charge in [-0.25, -0.2) is 13.1 Å². The second kappa shape index (κ2) is 4.18. The summed E-state index contributed by atoms with van der Waals surface area (Å²) in [5.74, 6) is 0. The molecule has 0 saturated heterocycles. The monoisotopic (exact) mass is 239 g/mol. The molecule has 0 heterocycles. The van der Waals surface area contributed by atoms with Crippen LogP contribution in [0, 0.1) is 6.92 Å². The quantitative estimate of drug-likeness (QED) is 0.848. The summed E-state index contributed by atoms with van der Waals surface area (Å²) in [5.41, 5.74) is 3.68. The van der Waals surface area contributed by atoms with Crippen molar-refractivity contribution in [3.8, 4) is 0 Å². The second-order valence-electron chi connectivity index (χ2n) is 4.39. The van der Waals surface area contributed by atoms with E-state index in [-0.39, 0.29) is 5.25 Å². The van der Waals surface area contributed by atoms with Gasteiger partial charge in [-0.2, -0.15) is 0 Å². The Labute approximate surface area is 96.9 Å². The van der Waals surface area contributed by atoms with E-state index in [1.165, 1.54) is 23.7 Å². The molecule has 1 aliphatic rings. The third-order valence-electron chi connectivity index (χ3n) is 3.27. The normalized spacial score (nSPS) is 20.5. The Bertz CT molecular complexity index is 494. The van der Waals surface area contributed by atoms with E-state index in [4.69, 9.17) is 0 Å². The molecule has 0 fully saturated rings. The zero-order valence-corrected chi connectivity index (χ0v) is 10.5. The van der Waals surface area contributed by atoms with Gasteiger partial charge >= 0.3 is 0 Å². The molecule has 0 radical (unpaired) electrons. The second-order valence-corrected chi connectivity index (χ2v) is 6.55. The third kappa shape index (κ3) is 2.13. The minimum absolute atomic E-state index is 0.271. The third-order valence-corrected chi connectivity index (χ3v) is 5.12. The van der Waals surface area contributed by atoms with E-state index in [1.807, 2.05) is 6.92 Å². The first kappa shape index (κ1) is 11.6. The Morgan fingerprint density at radius 3 is 2.75 bits per heavy atom. The molecule has 1 atom stereocenters. The molecule has 1 aromatic carbocycles. The van der Waals surface area contributed by atoms with Crippen molar-refractivity contribution in [3.63, 3.8) is 0 Å². The fourth-order valence-corrected chi connectivity index (χ4v) is 3.44. The van der Waals surface area contributed by atoms with Crippen LogP contribution in [0.3, 0.4) is 0 Å². The van der Waals surface area contributed by atoms with Gasteiger partial charge in [-0.15, -0.1) is 0 Å². The number of sulfonamides is 1. The van der Waals surface area contributed by atoms with Crippen LogP contribution in [-0.4, -0.2) is 20.7 Å². The molecule has 0 bridgehead atoms. The van der Waals surface area contributed by atoms with Crippen LogP contribution in [-0.2, 0) is 22.9 Å². The molecule has 0 aliphatic heterocycles. The molecule has 0 spiro atoms. The molecule has 3 nitrogen and oxygen atoms in total. The van der Waals surface area contributed by atoms with Crippen molar-refractivity contribution in [2.45, 2.75) is 31.4 Å². The van der Waals surface area contributed by atoms with E-state index in [0.29, 0.717) is 6.42 Å². The zero-order chi connectivity index (χ0) is 11.8. The van der Waals surface area contributed by atoms with Gasteiger partial charge in [-0.3, -0.25) is 0 Å². The molecule has 1 aromatic rings. The number of benzene rings is 1. The van der Waals surface area contributed by atoms with Crippen LogP contribution >= 0.6 is 0 Å². The van der Waals surface area contributed by atoms with Crippen LogP contribution < -0.4 is 4.72 Å². The maximum absolute atomic E-state index is 11.7. The van der Waals surface area contributed by atoms with Crippen molar-refractivity contribution < 1.29 is 8.42 Å². The molecule has 0 amide bonds. The maximum Gasteiger partial charge on any atom is 0.214 e. The first-order valence-corrected chi connectivity index (χ1v) is 7.08. The van der Waals surface area contributed by atoms with Crippen molar-refractivity contribution in [2.75, 3.05) is 7.05 Å². The molecule has 88 valence electrons. The van der Waals surface area contributed by atoms with Crippen LogP contribution in [0.25, 0.3) is 0 Å². The summed E-state index contributed by atoms with van der Waals surface area (Å²) >= 11 is 0. The molecule has 16 heavy (non-hydrogen) atoms. The molecule has 0 saturated carbocycles. The van der Waals surface area contributed by atoms with E-state index in [2.05, 4.69) is 22.9 Å². The van der Waals surface area contributed by atoms with Gasteiger partial charge in [-0.05, 0) is 44.4 Å². The van der Waals surface area contributed by atoms with Crippen LogP contribution in [0.1, 0.15) is 23.1 Å². The van der Waals surface area contributed by atoms with Gasteiger partial charge in [-0.1, -0.05) is 23.8 Å². The van der Waals surface area contributed by atoms with E-state index >= 15 is 0 Å². The minimum Gasteiger partial charge on any atom is -0.218 e. The molecule has 1 unspecified atom stereocenters. The van der Waals surface area contributed by atoms with Crippen molar-refractivity contribution >= 4 is 10.0 Å². The summed E-state index contributed by atoms with van der Waals surface area (Å²) in [4.78, 5) is 0. The fraction of sp³-hybridized carbons (Fsp3) is 0.500. The van der Waals surface area contributed by atoms with E-state index in [1.54, 1.807) is 0 Å². The van der Waals surface area contributed by atoms with Crippen molar-refractivity contribution in [3.05, 3.63) is 34.9 Å². The van der Waals surface area contributed by atoms with Gasteiger partial charge in [0, 0.05) is 0 Å². The summed E-state index contributed by atoms with van der Waals surface area (Å²) in [5, 5.41) is -0.271. The lowest BCUT2D eigenvalue weighted by Gasteiger charge is -2.24. The van der Waals surface area contributed by atoms with Crippen LogP contribution in [0.4, 0.5) is 0 Å². The van der Waals surface area contributed by atoms with E-state index in [0.717, 1.165) is 12.8 Å². The van der Waals surface area contributed by atoms with Gasteiger partial charge < -0.3 is 0 Å². The van der Waals surface area contributed by atoms with Gasteiger partial charge in [0.05, 0.1) is 5.25 Å². The van der Waals surface area contributed by atoms with E-state index < -0.39 is 10.0 Å². The topological polar surface area (TPSA) is 46.2 Å². The Morgan fingerprint density at radius 1 is 1.31 bits per heavy atom. The van der Waals surface area contributed by atoms with Crippen molar-refractivity contribution in [1.29, 1.82) is 0 Å². The van der Waals surface area contributed by atoms with Crippen LogP contribution in [0.15, 0.2) is 18.2 Å². The highest BCUT2D eigenvalue weighted by molar-refractivity contribution is 7.90. The Kier molecular flexibility index (Phi) is 3.04. The number of rotatable bonds is 2. The first-order valence-electron chi connectivity index (χ1n) is 5.53. The largest absolute Gasteiger partial charge is 0.218 e. The summed E-state index contributed by atoms with van der Waals surface area (Å²) in [7, 11) is -1.64. The van der Waals surface area contributed by atoms with Gasteiger partial charge in [0.1, 0.15) is 0 Å². The summed E-state index contributed by atoms with van der Waals surface area (Å²) in [6, 6.07) is 6.31. The fourth-order valence-electron chi connectivity index (χ4n) is 2.28. The summed E-state index contributed by atoms with van der Waals surface area (Å²) in [6.45, 7) is 2.04. The van der Waals surface area contributed by atoms with Gasteiger partial charge in [0.2, 0.25) is 10.0 Å². The number of hydrogen-bond donors (Lipinski definition) is 1. The number of aryl methyl sites for hydroxylation is 2. The molecule has 4 heteroatoms. The highest BCUT2D eigenvalue weighted by Crippen LogP contribution is 2.25. The Hall–Kier alpha value is -0.870. The predicted octanol–water partition coefficient (Wildman–Crippen LogP) is 1.40. The molecule has 2 rings (SSSR count). The smallest absolute Gasteiger partial charge is 0.214 e. The first-order chi connectivity index (χ1) is 7.53. The zero-order valence-electron chi connectivity index (χ0n) is 9.66. The molecular weight excluding hydrogens is 222 g/mol. The standard InChI is InChI=1S/C12H17NO2S/c1-9-3-4-10-5-6-12(8-11(10)7-9)16(14,15)13-2/h3-4,7,12-13H,5-6,8H2,1-2H3. The van der Waals surface area contributed by atoms with Crippen LogP contribution in [0.2, 0.25) is 0 Å². The van der Waals surface area contributed by atoms with Crippen LogP contribution in [0.5, 0.6) is 0 Å². The molecule has 1 aliphatic carbocycles. The lowest BCUT2D eigenvalue weighted by molar-refractivity contribution is 0.553. The SMILES string of the molecule is CNS(=O)(=O)C1CCc2ccc(C)cc2C1. The van der Waals surface area contributed by atoms with E-state index in [9.17, 15) is 8.42 Å². The molecule has 1 N–H and O–H groups in total. The Balaban J connectivity index is 2.30. The number of hydrogen-bond acceptors (Lipinski definition) is 2. The summed E-state index contributed by atoms with van der Waals surface area (Å²) in [6.07, 6.45) is 2.22. The average molecular weight is 239 g/mol. The predicted molar refractivity (Wildman–Crippen MR) is 65.0 cm³/mol.